The van der Waals surface area contributed by atoms with Gasteiger partial charge in [-0.1, -0.05) is 42.1 Å². The minimum atomic E-state index is -3.72. The highest BCUT2D eigenvalue weighted by atomic mass is 32.2. The molecule has 0 saturated heterocycles. The number of nitrogens with one attached hydrogen (secondary N) is 1. The number of aromatic nitrogens is 3. The number of carbonyl (C=O) groups excluding carboxylic acids is 1. The Bertz CT molecular complexity index is 1320. The summed E-state index contributed by atoms with van der Waals surface area (Å²) in [6, 6.07) is 19.5. The zero-order valence-corrected chi connectivity index (χ0v) is 19.1. The summed E-state index contributed by atoms with van der Waals surface area (Å²) in [6.45, 7) is 0.414. The summed E-state index contributed by atoms with van der Waals surface area (Å²) in [7, 11) is -3.72. The summed E-state index contributed by atoms with van der Waals surface area (Å²) in [5.41, 5.74) is 1.75. The molecule has 2 heterocycles. The highest BCUT2D eigenvalue weighted by Gasteiger charge is 2.18. The summed E-state index contributed by atoms with van der Waals surface area (Å²) in [4.78, 5) is 12.4. The number of nitrogens with zero attached hydrogens (tertiary/aromatic N) is 3. The molecule has 0 saturated carbocycles. The van der Waals surface area contributed by atoms with Crippen molar-refractivity contribution in [3.63, 3.8) is 0 Å². The maximum Gasteiger partial charge on any atom is 0.238 e. The fourth-order valence-corrected chi connectivity index (χ4v) is 4.41. The van der Waals surface area contributed by atoms with Crippen molar-refractivity contribution < 1.29 is 17.6 Å². The quantitative estimate of drug-likeness (QED) is 0.350. The van der Waals surface area contributed by atoms with Gasteiger partial charge in [0.05, 0.1) is 16.9 Å². The van der Waals surface area contributed by atoms with Gasteiger partial charge in [0.25, 0.3) is 0 Å². The Morgan fingerprint density at radius 1 is 1.03 bits per heavy atom. The molecule has 33 heavy (non-hydrogen) atoms. The molecule has 1 amide bonds. The molecule has 11 heteroatoms. The fraction of sp³-hybridized carbons (Fsp3) is 0.136. The number of hydrogen-bond acceptors (Lipinski definition) is 7. The molecule has 0 spiro atoms. The van der Waals surface area contributed by atoms with Crippen LogP contribution in [0.15, 0.2) is 87.5 Å². The minimum Gasteiger partial charge on any atom is -0.461 e. The Kier molecular flexibility index (Phi) is 6.92. The third-order valence-corrected chi connectivity index (χ3v) is 6.57. The van der Waals surface area contributed by atoms with Crippen LogP contribution < -0.4 is 10.5 Å². The van der Waals surface area contributed by atoms with Gasteiger partial charge >= 0.3 is 0 Å². The predicted molar refractivity (Wildman–Crippen MR) is 124 cm³/mol. The molecule has 4 aromatic rings. The normalized spacial score (nSPS) is 11.4. The van der Waals surface area contributed by atoms with Crippen molar-refractivity contribution in [2.45, 2.75) is 16.5 Å². The van der Waals surface area contributed by atoms with Crippen LogP contribution in [0.2, 0.25) is 0 Å². The topological polar surface area (TPSA) is 133 Å². The van der Waals surface area contributed by atoms with E-state index in [4.69, 9.17) is 9.56 Å². The number of para-hydroxylation sites is 1. The molecule has 0 bridgehead atoms. The number of benzene rings is 2. The molecule has 0 fully saturated rings. The first-order valence-corrected chi connectivity index (χ1v) is 12.5. The molecule has 170 valence electrons. The summed E-state index contributed by atoms with van der Waals surface area (Å²) in [5.74, 6) is 1.14. The van der Waals surface area contributed by atoms with Gasteiger partial charge in [-0.05, 0) is 48.4 Å². The van der Waals surface area contributed by atoms with Gasteiger partial charge in [-0.25, -0.2) is 13.6 Å². The van der Waals surface area contributed by atoms with E-state index in [9.17, 15) is 13.2 Å². The molecule has 9 nitrogen and oxygen atoms in total. The second kappa shape index (κ2) is 10.0. The standard InChI is InChI=1S/C22H21N5O4S2/c23-33(29,30)18-10-8-16(9-11-18)12-13-24-20(28)15-32-22-26-25-21(19-7-4-14-31-19)27(22)17-5-2-1-3-6-17/h1-11,14H,12-13,15H2,(H,24,28)(H2,23,29,30). The third kappa shape index (κ3) is 5.69. The largest absolute Gasteiger partial charge is 0.461 e. The molecule has 0 atom stereocenters. The van der Waals surface area contributed by atoms with Gasteiger partial charge in [0.15, 0.2) is 10.9 Å². The highest BCUT2D eigenvalue weighted by molar-refractivity contribution is 7.99. The van der Waals surface area contributed by atoms with Gasteiger partial charge in [0.1, 0.15) is 0 Å². The molecule has 0 radical (unpaired) electrons. The number of nitrogens with two attached hydrogens (primary N) is 1. The maximum atomic E-state index is 12.4. The van der Waals surface area contributed by atoms with E-state index in [1.807, 2.05) is 34.9 Å². The summed E-state index contributed by atoms with van der Waals surface area (Å²) in [5, 5.41) is 17.0. The maximum absolute atomic E-state index is 12.4. The number of primary sulfonamides is 1. The van der Waals surface area contributed by atoms with E-state index in [0.29, 0.717) is 29.7 Å². The van der Waals surface area contributed by atoms with E-state index >= 15 is 0 Å². The zero-order valence-electron chi connectivity index (χ0n) is 17.4. The number of thioether (sulfide) groups is 1. The Hall–Kier alpha value is -3.41. The van der Waals surface area contributed by atoms with Crippen molar-refractivity contribution in [3.05, 3.63) is 78.6 Å². The predicted octanol–water partition coefficient (Wildman–Crippen LogP) is 2.63. The van der Waals surface area contributed by atoms with Crippen LogP contribution in [-0.2, 0) is 21.2 Å². The van der Waals surface area contributed by atoms with Crippen molar-refractivity contribution in [3.8, 4) is 17.3 Å². The third-order valence-electron chi connectivity index (χ3n) is 4.71. The van der Waals surface area contributed by atoms with Crippen molar-refractivity contribution in [1.82, 2.24) is 20.1 Å². The van der Waals surface area contributed by atoms with Gasteiger partial charge in [-0.15, -0.1) is 10.2 Å². The number of hydrogen-bond donors (Lipinski definition) is 2. The lowest BCUT2D eigenvalue weighted by atomic mass is 10.1. The van der Waals surface area contributed by atoms with Crippen LogP contribution in [0.4, 0.5) is 0 Å². The van der Waals surface area contributed by atoms with Crippen molar-refractivity contribution in [1.29, 1.82) is 0 Å². The van der Waals surface area contributed by atoms with Gasteiger partial charge in [-0.3, -0.25) is 9.36 Å². The van der Waals surface area contributed by atoms with Gasteiger partial charge < -0.3 is 9.73 Å². The van der Waals surface area contributed by atoms with E-state index < -0.39 is 10.0 Å². The fourth-order valence-electron chi connectivity index (χ4n) is 3.11. The molecule has 0 aliphatic heterocycles. The lowest BCUT2D eigenvalue weighted by molar-refractivity contribution is -0.118. The molecular formula is C22H21N5O4S2. The average Bonchev–Trinajstić information content (AvgIpc) is 3.48. The van der Waals surface area contributed by atoms with Crippen LogP contribution in [0, 0.1) is 0 Å². The van der Waals surface area contributed by atoms with Gasteiger partial charge in [0, 0.05) is 12.2 Å². The Balaban J connectivity index is 1.37. The number of amides is 1. The highest BCUT2D eigenvalue weighted by Crippen LogP contribution is 2.28. The monoisotopic (exact) mass is 483 g/mol. The first-order chi connectivity index (χ1) is 15.9. The van der Waals surface area contributed by atoms with Gasteiger partial charge in [-0.2, -0.15) is 0 Å². The van der Waals surface area contributed by atoms with Crippen LogP contribution in [0.3, 0.4) is 0 Å². The number of furan rings is 1. The summed E-state index contributed by atoms with van der Waals surface area (Å²) >= 11 is 1.27. The van der Waals surface area contributed by atoms with E-state index in [0.717, 1.165) is 11.3 Å². The van der Waals surface area contributed by atoms with Crippen LogP contribution in [-0.4, -0.2) is 41.4 Å². The van der Waals surface area contributed by atoms with Gasteiger partial charge in [0.2, 0.25) is 21.8 Å². The molecule has 2 aromatic heterocycles. The molecule has 0 aliphatic rings. The molecular weight excluding hydrogens is 462 g/mol. The second-order valence-electron chi connectivity index (χ2n) is 7.03. The molecule has 2 aromatic carbocycles. The first-order valence-electron chi connectivity index (χ1n) is 9.98. The van der Waals surface area contributed by atoms with E-state index in [1.165, 1.54) is 23.9 Å². The lowest BCUT2D eigenvalue weighted by Gasteiger charge is -2.09. The van der Waals surface area contributed by atoms with Crippen LogP contribution in [0.25, 0.3) is 17.3 Å². The van der Waals surface area contributed by atoms with Crippen molar-refractivity contribution in [2.75, 3.05) is 12.3 Å². The summed E-state index contributed by atoms with van der Waals surface area (Å²) in [6.07, 6.45) is 2.13. The zero-order chi connectivity index (χ0) is 23.3. The SMILES string of the molecule is NS(=O)(=O)c1ccc(CCNC(=O)CSc2nnc(-c3ccco3)n2-c2ccccc2)cc1. The van der Waals surface area contributed by atoms with Crippen LogP contribution in [0.5, 0.6) is 0 Å². The average molecular weight is 484 g/mol. The number of carbonyl (C=O) groups is 1. The Morgan fingerprint density at radius 2 is 1.79 bits per heavy atom. The smallest absolute Gasteiger partial charge is 0.238 e. The second-order valence-corrected chi connectivity index (χ2v) is 9.54. The van der Waals surface area contributed by atoms with Crippen LogP contribution in [0.1, 0.15) is 5.56 Å². The van der Waals surface area contributed by atoms with E-state index in [2.05, 4.69) is 15.5 Å². The van der Waals surface area contributed by atoms with Crippen molar-refractivity contribution in [2.24, 2.45) is 5.14 Å². The van der Waals surface area contributed by atoms with Crippen molar-refractivity contribution >= 4 is 27.7 Å². The van der Waals surface area contributed by atoms with E-state index in [1.54, 1.807) is 30.5 Å². The van der Waals surface area contributed by atoms with Crippen LogP contribution >= 0.6 is 11.8 Å². The molecule has 0 unspecified atom stereocenters. The Labute approximate surface area is 195 Å². The summed E-state index contributed by atoms with van der Waals surface area (Å²) < 4.78 is 30.0. The van der Waals surface area contributed by atoms with E-state index in [-0.39, 0.29) is 16.6 Å². The molecule has 4 rings (SSSR count). The lowest BCUT2D eigenvalue weighted by Crippen LogP contribution is -2.27. The number of rotatable bonds is 9. The number of sulfonamides is 1. The molecule has 0 aliphatic carbocycles. The first kappa shape index (κ1) is 22.8. The molecule has 3 N–H and O–H groups in total. The minimum absolute atomic E-state index is 0.0585. The Morgan fingerprint density at radius 3 is 2.45 bits per heavy atom.